The van der Waals surface area contributed by atoms with Gasteiger partial charge in [0.05, 0.1) is 17.3 Å². The predicted octanol–water partition coefficient (Wildman–Crippen LogP) is 1.91. The molecular weight excluding hydrogens is 192 g/mol. The fraction of sp³-hybridized carbons (Fsp3) is 0. The zero-order valence-corrected chi connectivity index (χ0v) is 7.17. The Kier molecular flexibility index (Phi) is 1.70. The minimum absolute atomic E-state index is 0.163. The van der Waals surface area contributed by atoms with E-state index in [1.54, 1.807) is 6.07 Å². The molecule has 2 aromatic rings. The molecule has 1 aromatic heterocycles. The monoisotopic (exact) mass is 196 g/mol. The van der Waals surface area contributed by atoms with Crippen molar-refractivity contribution in [2.45, 2.75) is 0 Å². The highest BCUT2D eigenvalue weighted by Gasteiger charge is 2.10. The van der Waals surface area contributed by atoms with E-state index in [1.165, 1.54) is 12.3 Å². The minimum Gasteiger partial charge on any atom is -0.478 e. The number of rotatable bonds is 1. The molecule has 0 saturated carbocycles. The summed E-state index contributed by atoms with van der Waals surface area (Å²) < 4.78 is 0. The first-order valence-electron chi connectivity index (χ1n) is 3.54. The number of aromatic nitrogens is 2. The quantitative estimate of drug-likeness (QED) is 0.732. The van der Waals surface area contributed by atoms with E-state index in [0.717, 1.165) is 0 Å². The van der Waals surface area contributed by atoms with Gasteiger partial charge in [0.15, 0.2) is 0 Å². The van der Waals surface area contributed by atoms with Crippen molar-refractivity contribution in [1.82, 2.24) is 10.2 Å². The Hall–Kier alpha value is -1.55. The average molecular weight is 197 g/mol. The van der Waals surface area contributed by atoms with Crippen LogP contribution in [0.4, 0.5) is 0 Å². The molecule has 0 saturated heterocycles. The standard InChI is InChI=1S/C8H5ClN2O2/c9-4-1-5(8(12)13)6-3-10-11-7(6)2-4/h1-3H,(H,10,11)(H,12,13). The van der Waals surface area contributed by atoms with Crippen LogP contribution in [-0.2, 0) is 0 Å². The maximum Gasteiger partial charge on any atom is 0.336 e. The van der Waals surface area contributed by atoms with Gasteiger partial charge in [-0.05, 0) is 12.1 Å². The topological polar surface area (TPSA) is 66.0 Å². The van der Waals surface area contributed by atoms with Gasteiger partial charge in [-0.2, -0.15) is 5.10 Å². The van der Waals surface area contributed by atoms with Crippen molar-refractivity contribution >= 4 is 28.5 Å². The number of nitrogens with one attached hydrogen (secondary N) is 1. The van der Waals surface area contributed by atoms with E-state index in [1.807, 2.05) is 0 Å². The average Bonchev–Trinajstić information content (AvgIpc) is 2.49. The van der Waals surface area contributed by atoms with E-state index in [4.69, 9.17) is 16.7 Å². The molecule has 0 unspecified atom stereocenters. The zero-order valence-electron chi connectivity index (χ0n) is 6.41. The van der Waals surface area contributed by atoms with Crippen LogP contribution in [0.2, 0.25) is 5.02 Å². The third-order valence-electron chi connectivity index (χ3n) is 1.75. The van der Waals surface area contributed by atoms with Crippen LogP contribution in [0.15, 0.2) is 18.3 Å². The van der Waals surface area contributed by atoms with Gasteiger partial charge in [0.1, 0.15) is 0 Å². The summed E-state index contributed by atoms with van der Waals surface area (Å²) in [5.41, 5.74) is 0.793. The van der Waals surface area contributed by atoms with Crippen molar-refractivity contribution in [3.05, 3.63) is 28.9 Å². The van der Waals surface area contributed by atoms with Crippen molar-refractivity contribution in [2.75, 3.05) is 0 Å². The van der Waals surface area contributed by atoms with E-state index in [9.17, 15) is 4.79 Å². The van der Waals surface area contributed by atoms with Crippen LogP contribution in [0.5, 0.6) is 0 Å². The van der Waals surface area contributed by atoms with Crippen LogP contribution in [-0.4, -0.2) is 21.3 Å². The molecule has 0 radical (unpaired) electrons. The van der Waals surface area contributed by atoms with Gasteiger partial charge in [0, 0.05) is 10.4 Å². The highest BCUT2D eigenvalue weighted by atomic mass is 35.5. The lowest BCUT2D eigenvalue weighted by molar-refractivity contribution is 0.0699. The maximum atomic E-state index is 10.8. The molecule has 1 aromatic carbocycles. The SMILES string of the molecule is O=C(O)c1cc(Cl)cc2[nH]ncc12. The molecule has 0 fully saturated rings. The zero-order chi connectivity index (χ0) is 9.42. The van der Waals surface area contributed by atoms with Crippen molar-refractivity contribution in [3.8, 4) is 0 Å². The molecule has 0 amide bonds. The Balaban J connectivity index is 2.84. The van der Waals surface area contributed by atoms with Gasteiger partial charge in [0.2, 0.25) is 0 Å². The lowest BCUT2D eigenvalue weighted by Crippen LogP contribution is -1.96. The summed E-state index contributed by atoms with van der Waals surface area (Å²) in [4.78, 5) is 10.8. The molecule has 2 N–H and O–H groups in total. The number of fused-ring (bicyclic) bond motifs is 1. The summed E-state index contributed by atoms with van der Waals surface area (Å²) in [7, 11) is 0. The minimum atomic E-state index is -1.01. The molecule has 0 bridgehead atoms. The first kappa shape index (κ1) is 8.07. The number of halogens is 1. The summed E-state index contributed by atoms with van der Waals surface area (Å²) in [5, 5.41) is 16.2. The molecule has 0 atom stereocenters. The fourth-order valence-corrected chi connectivity index (χ4v) is 1.41. The first-order valence-corrected chi connectivity index (χ1v) is 3.92. The molecule has 4 nitrogen and oxygen atoms in total. The van der Waals surface area contributed by atoms with Gasteiger partial charge >= 0.3 is 5.97 Å². The fourth-order valence-electron chi connectivity index (χ4n) is 1.19. The number of aromatic amines is 1. The van der Waals surface area contributed by atoms with Gasteiger partial charge in [-0.1, -0.05) is 11.6 Å². The van der Waals surface area contributed by atoms with Crippen LogP contribution in [0.3, 0.4) is 0 Å². The van der Waals surface area contributed by atoms with Gasteiger partial charge in [0.25, 0.3) is 0 Å². The molecule has 0 aliphatic carbocycles. The number of carbonyl (C=O) groups is 1. The molecule has 13 heavy (non-hydrogen) atoms. The van der Waals surface area contributed by atoms with Crippen molar-refractivity contribution in [1.29, 1.82) is 0 Å². The Bertz CT molecular complexity index is 478. The largest absolute Gasteiger partial charge is 0.478 e. The van der Waals surface area contributed by atoms with Gasteiger partial charge in [-0.3, -0.25) is 5.10 Å². The predicted molar refractivity (Wildman–Crippen MR) is 48.1 cm³/mol. The second-order valence-electron chi connectivity index (χ2n) is 2.59. The maximum absolute atomic E-state index is 10.8. The number of hydrogen-bond acceptors (Lipinski definition) is 2. The van der Waals surface area contributed by atoms with E-state index in [0.29, 0.717) is 15.9 Å². The number of hydrogen-bond donors (Lipinski definition) is 2. The first-order chi connectivity index (χ1) is 6.18. The second-order valence-corrected chi connectivity index (χ2v) is 3.03. The van der Waals surface area contributed by atoms with Crippen molar-refractivity contribution in [3.63, 3.8) is 0 Å². The summed E-state index contributed by atoms with van der Waals surface area (Å²) in [5.74, 6) is -1.01. The van der Waals surface area contributed by atoms with Gasteiger partial charge in [-0.15, -0.1) is 0 Å². The number of aromatic carboxylic acids is 1. The number of benzene rings is 1. The van der Waals surface area contributed by atoms with Crippen molar-refractivity contribution < 1.29 is 9.90 Å². The van der Waals surface area contributed by atoms with Crippen molar-refractivity contribution in [2.24, 2.45) is 0 Å². The summed E-state index contributed by atoms with van der Waals surface area (Å²) in [6.07, 6.45) is 1.47. The third kappa shape index (κ3) is 1.25. The number of H-pyrrole nitrogens is 1. The molecule has 1 heterocycles. The highest BCUT2D eigenvalue weighted by molar-refractivity contribution is 6.32. The Morgan fingerprint density at radius 3 is 3.00 bits per heavy atom. The second kappa shape index (κ2) is 2.74. The van der Waals surface area contributed by atoms with Crippen LogP contribution in [0.25, 0.3) is 10.9 Å². The normalized spacial score (nSPS) is 10.5. The molecular formula is C8H5ClN2O2. The lowest BCUT2D eigenvalue weighted by atomic mass is 10.1. The van der Waals surface area contributed by atoms with Crippen LogP contribution < -0.4 is 0 Å². The van der Waals surface area contributed by atoms with E-state index in [-0.39, 0.29) is 5.56 Å². The molecule has 66 valence electrons. The number of carboxylic acid groups (broad SMARTS) is 1. The van der Waals surface area contributed by atoms with Crippen LogP contribution in [0.1, 0.15) is 10.4 Å². The van der Waals surface area contributed by atoms with Crippen LogP contribution >= 0.6 is 11.6 Å². The van der Waals surface area contributed by atoms with Gasteiger partial charge < -0.3 is 5.11 Å². The van der Waals surface area contributed by atoms with Crippen LogP contribution in [0, 0.1) is 0 Å². The van der Waals surface area contributed by atoms with E-state index < -0.39 is 5.97 Å². The van der Waals surface area contributed by atoms with E-state index in [2.05, 4.69) is 10.2 Å². The summed E-state index contributed by atoms with van der Waals surface area (Å²) in [6, 6.07) is 3.04. The van der Waals surface area contributed by atoms with Gasteiger partial charge in [-0.25, -0.2) is 4.79 Å². The Morgan fingerprint density at radius 1 is 1.54 bits per heavy atom. The number of carboxylic acids is 1. The highest BCUT2D eigenvalue weighted by Crippen LogP contribution is 2.21. The lowest BCUT2D eigenvalue weighted by Gasteiger charge is -1.96. The van der Waals surface area contributed by atoms with E-state index >= 15 is 0 Å². The summed E-state index contributed by atoms with van der Waals surface area (Å²) in [6.45, 7) is 0. The Labute approximate surface area is 78.1 Å². The molecule has 0 aliphatic heterocycles. The molecule has 0 spiro atoms. The Morgan fingerprint density at radius 2 is 2.31 bits per heavy atom. The smallest absolute Gasteiger partial charge is 0.336 e. The third-order valence-corrected chi connectivity index (χ3v) is 1.97. The molecule has 2 rings (SSSR count). The molecule has 5 heteroatoms. The summed E-state index contributed by atoms with van der Waals surface area (Å²) >= 11 is 5.71. The molecule has 0 aliphatic rings. The number of nitrogens with zero attached hydrogens (tertiary/aromatic N) is 1.